The van der Waals surface area contributed by atoms with Crippen LogP contribution in [0, 0.1) is 6.92 Å². The van der Waals surface area contributed by atoms with Gasteiger partial charge in [0, 0.05) is 10.9 Å². The summed E-state index contributed by atoms with van der Waals surface area (Å²) in [7, 11) is 0. The van der Waals surface area contributed by atoms with Gasteiger partial charge in [0.2, 0.25) is 0 Å². The molecule has 0 amide bonds. The third-order valence-electron chi connectivity index (χ3n) is 2.55. The summed E-state index contributed by atoms with van der Waals surface area (Å²) in [4.78, 5) is 10.7. The van der Waals surface area contributed by atoms with Gasteiger partial charge >= 0.3 is 5.97 Å². The second-order valence-electron chi connectivity index (χ2n) is 3.66. The Labute approximate surface area is 93.9 Å². The van der Waals surface area contributed by atoms with Gasteiger partial charge in [-0.3, -0.25) is 4.79 Å². The molecule has 3 N–H and O–H groups in total. The van der Waals surface area contributed by atoms with Crippen molar-refractivity contribution in [2.45, 2.75) is 25.8 Å². The maximum absolute atomic E-state index is 10.7. The van der Waals surface area contributed by atoms with Crippen molar-refractivity contribution in [3.63, 3.8) is 0 Å². The van der Waals surface area contributed by atoms with Crippen molar-refractivity contribution in [3.05, 3.63) is 34.3 Å². The van der Waals surface area contributed by atoms with E-state index in [1.165, 1.54) is 0 Å². The van der Waals surface area contributed by atoms with Gasteiger partial charge in [-0.1, -0.05) is 30.7 Å². The highest BCUT2D eigenvalue weighted by Gasteiger charge is 2.21. The Hall–Kier alpha value is -1.06. The predicted octanol–water partition coefficient (Wildman–Crippen LogP) is 2.16. The fourth-order valence-electron chi connectivity index (χ4n) is 1.31. The number of carbonyl (C=O) groups is 1. The third-order valence-corrected chi connectivity index (χ3v) is 2.95. The second kappa shape index (κ2) is 4.64. The summed E-state index contributed by atoms with van der Waals surface area (Å²) < 4.78 is 0. The second-order valence-corrected chi connectivity index (χ2v) is 4.07. The zero-order chi connectivity index (χ0) is 11.6. The van der Waals surface area contributed by atoms with E-state index in [1.807, 2.05) is 19.1 Å². The molecule has 82 valence electrons. The minimum Gasteiger partial charge on any atom is -0.480 e. The van der Waals surface area contributed by atoms with Crippen LogP contribution in [0.5, 0.6) is 0 Å². The lowest BCUT2D eigenvalue weighted by atomic mass is 9.93. The average molecular weight is 228 g/mol. The first-order valence-electron chi connectivity index (χ1n) is 4.68. The van der Waals surface area contributed by atoms with E-state index in [4.69, 9.17) is 22.4 Å². The molecule has 15 heavy (non-hydrogen) atoms. The van der Waals surface area contributed by atoms with Crippen LogP contribution in [0.25, 0.3) is 0 Å². The van der Waals surface area contributed by atoms with Gasteiger partial charge in [0.15, 0.2) is 0 Å². The number of carboxylic acids is 1. The van der Waals surface area contributed by atoms with E-state index >= 15 is 0 Å². The van der Waals surface area contributed by atoms with E-state index in [-0.39, 0.29) is 5.92 Å². The van der Waals surface area contributed by atoms with Crippen LogP contribution in [-0.2, 0) is 4.79 Å². The Morgan fingerprint density at radius 2 is 2.13 bits per heavy atom. The van der Waals surface area contributed by atoms with Crippen LogP contribution in [0.2, 0.25) is 5.02 Å². The standard InChI is InChI=1S/C11H14ClNO2/c1-6-3-4-8(5-9(6)12)7(2)10(13)11(14)15/h3-5,7,10H,13H2,1-2H3,(H,14,15). The molecule has 0 aliphatic rings. The first-order chi connectivity index (χ1) is 6.93. The molecule has 2 unspecified atom stereocenters. The summed E-state index contributed by atoms with van der Waals surface area (Å²) in [5, 5.41) is 9.42. The van der Waals surface area contributed by atoms with Crippen molar-refractivity contribution < 1.29 is 9.90 Å². The number of nitrogens with two attached hydrogens (primary N) is 1. The Balaban J connectivity index is 2.96. The number of carboxylic acid groups (broad SMARTS) is 1. The van der Waals surface area contributed by atoms with Crippen molar-refractivity contribution in [2.75, 3.05) is 0 Å². The lowest BCUT2D eigenvalue weighted by Gasteiger charge is -2.16. The number of halogens is 1. The predicted molar refractivity (Wildman–Crippen MR) is 60.2 cm³/mol. The van der Waals surface area contributed by atoms with E-state index in [0.717, 1.165) is 11.1 Å². The molecule has 1 rings (SSSR count). The normalized spacial score (nSPS) is 14.7. The van der Waals surface area contributed by atoms with Crippen LogP contribution >= 0.6 is 11.6 Å². The van der Waals surface area contributed by atoms with Gasteiger partial charge in [-0.25, -0.2) is 0 Å². The molecular formula is C11H14ClNO2. The monoisotopic (exact) mass is 227 g/mol. The topological polar surface area (TPSA) is 63.3 Å². The lowest BCUT2D eigenvalue weighted by molar-refractivity contribution is -0.139. The van der Waals surface area contributed by atoms with E-state index < -0.39 is 12.0 Å². The number of aliphatic carboxylic acids is 1. The van der Waals surface area contributed by atoms with Crippen LogP contribution in [0.15, 0.2) is 18.2 Å². The SMILES string of the molecule is Cc1ccc(C(C)C(N)C(=O)O)cc1Cl. The highest BCUT2D eigenvalue weighted by atomic mass is 35.5. The van der Waals surface area contributed by atoms with Crippen molar-refractivity contribution >= 4 is 17.6 Å². The molecule has 3 nitrogen and oxygen atoms in total. The van der Waals surface area contributed by atoms with Crippen LogP contribution in [0.1, 0.15) is 24.0 Å². The van der Waals surface area contributed by atoms with Crippen LogP contribution in [0.4, 0.5) is 0 Å². The van der Waals surface area contributed by atoms with E-state index in [0.29, 0.717) is 5.02 Å². The zero-order valence-electron chi connectivity index (χ0n) is 8.70. The largest absolute Gasteiger partial charge is 0.480 e. The summed E-state index contributed by atoms with van der Waals surface area (Å²) in [5.41, 5.74) is 7.35. The van der Waals surface area contributed by atoms with Gasteiger partial charge in [-0.2, -0.15) is 0 Å². The Bertz CT molecular complexity index is 379. The average Bonchev–Trinajstić information content (AvgIpc) is 2.19. The van der Waals surface area contributed by atoms with Crippen LogP contribution < -0.4 is 5.73 Å². The molecule has 0 spiro atoms. The number of hydrogen-bond donors (Lipinski definition) is 2. The molecule has 1 aromatic carbocycles. The highest BCUT2D eigenvalue weighted by molar-refractivity contribution is 6.31. The van der Waals surface area contributed by atoms with Gasteiger partial charge < -0.3 is 10.8 Å². The van der Waals surface area contributed by atoms with Gasteiger partial charge in [0.1, 0.15) is 6.04 Å². The molecule has 4 heteroatoms. The van der Waals surface area contributed by atoms with Gasteiger partial charge in [0.05, 0.1) is 0 Å². The van der Waals surface area contributed by atoms with Gasteiger partial charge in [0.25, 0.3) is 0 Å². The molecule has 0 fully saturated rings. The summed E-state index contributed by atoms with van der Waals surface area (Å²) in [6.45, 7) is 3.67. The maximum atomic E-state index is 10.7. The molecule has 0 aromatic heterocycles. The number of benzene rings is 1. The number of rotatable bonds is 3. The molecule has 2 atom stereocenters. The fourth-order valence-corrected chi connectivity index (χ4v) is 1.50. The quantitative estimate of drug-likeness (QED) is 0.832. The molecule has 0 bridgehead atoms. The molecule has 1 aromatic rings. The third kappa shape index (κ3) is 2.70. The summed E-state index contributed by atoms with van der Waals surface area (Å²) >= 11 is 5.95. The van der Waals surface area contributed by atoms with Crippen molar-refractivity contribution in [1.29, 1.82) is 0 Å². The summed E-state index contributed by atoms with van der Waals surface area (Å²) in [5.74, 6) is -1.25. The Morgan fingerprint density at radius 1 is 1.53 bits per heavy atom. The maximum Gasteiger partial charge on any atom is 0.321 e. The first kappa shape index (κ1) is 12.0. The van der Waals surface area contributed by atoms with Gasteiger partial charge in [-0.15, -0.1) is 0 Å². The van der Waals surface area contributed by atoms with Gasteiger partial charge in [-0.05, 0) is 24.1 Å². The minimum absolute atomic E-state index is 0.249. The van der Waals surface area contributed by atoms with E-state index in [1.54, 1.807) is 13.0 Å². The Kier molecular flexibility index (Phi) is 3.72. The van der Waals surface area contributed by atoms with Crippen LogP contribution in [-0.4, -0.2) is 17.1 Å². The molecule has 0 saturated carbocycles. The smallest absolute Gasteiger partial charge is 0.321 e. The summed E-state index contributed by atoms with van der Waals surface area (Å²) in [6, 6.07) is 4.59. The van der Waals surface area contributed by atoms with Crippen LogP contribution in [0.3, 0.4) is 0 Å². The van der Waals surface area contributed by atoms with Crippen molar-refractivity contribution in [3.8, 4) is 0 Å². The molecular weight excluding hydrogens is 214 g/mol. The first-order valence-corrected chi connectivity index (χ1v) is 5.05. The number of hydrogen-bond acceptors (Lipinski definition) is 2. The highest BCUT2D eigenvalue weighted by Crippen LogP contribution is 2.24. The molecule has 0 radical (unpaired) electrons. The van der Waals surface area contributed by atoms with E-state index in [9.17, 15) is 4.79 Å². The Morgan fingerprint density at radius 3 is 2.60 bits per heavy atom. The molecule has 0 heterocycles. The zero-order valence-corrected chi connectivity index (χ0v) is 9.45. The molecule has 0 saturated heterocycles. The van der Waals surface area contributed by atoms with Crippen molar-refractivity contribution in [2.24, 2.45) is 5.73 Å². The van der Waals surface area contributed by atoms with Crippen molar-refractivity contribution in [1.82, 2.24) is 0 Å². The minimum atomic E-state index is -1.00. The number of aryl methyl sites for hydroxylation is 1. The summed E-state index contributed by atoms with van der Waals surface area (Å²) in [6.07, 6.45) is 0. The molecule has 0 aliphatic heterocycles. The molecule has 0 aliphatic carbocycles. The fraction of sp³-hybridized carbons (Fsp3) is 0.364. The van der Waals surface area contributed by atoms with E-state index in [2.05, 4.69) is 0 Å². The lowest BCUT2D eigenvalue weighted by Crippen LogP contribution is -2.35.